The zero-order valence-electron chi connectivity index (χ0n) is 15.7. The number of amides is 1. The maximum Gasteiger partial charge on any atom is 0.337 e. The second-order valence-electron chi connectivity index (χ2n) is 6.61. The van der Waals surface area contributed by atoms with Crippen molar-refractivity contribution in [2.45, 2.75) is 0 Å². The van der Waals surface area contributed by atoms with Crippen LogP contribution in [0.25, 0.3) is 0 Å². The SMILES string of the molecule is COC(=O)c1ccc(Cl)c(NC(=O)CN2CCN(CC3=C=C=CC=C3)CC2)c1. The lowest BCUT2D eigenvalue weighted by Gasteiger charge is -2.34. The van der Waals surface area contributed by atoms with Gasteiger partial charge in [-0.05, 0) is 30.4 Å². The Bertz CT molecular complexity index is 888. The molecule has 1 aliphatic heterocycles. The predicted octanol–water partition coefficient (Wildman–Crippen LogP) is 2.49. The van der Waals surface area contributed by atoms with E-state index in [1.165, 1.54) is 13.2 Å². The minimum atomic E-state index is -0.475. The molecule has 6 nitrogen and oxygen atoms in total. The summed E-state index contributed by atoms with van der Waals surface area (Å²) in [6, 6.07) is 4.66. The molecule has 1 aromatic rings. The van der Waals surface area contributed by atoms with Gasteiger partial charge in [-0.3, -0.25) is 14.6 Å². The maximum atomic E-state index is 12.4. The predicted molar refractivity (Wildman–Crippen MR) is 109 cm³/mol. The van der Waals surface area contributed by atoms with Crippen LogP contribution in [0.15, 0.2) is 53.5 Å². The maximum absolute atomic E-state index is 12.4. The molecule has 28 heavy (non-hydrogen) atoms. The molecule has 146 valence electrons. The monoisotopic (exact) mass is 399 g/mol. The van der Waals surface area contributed by atoms with Gasteiger partial charge >= 0.3 is 5.97 Å². The van der Waals surface area contributed by atoms with E-state index in [1.54, 1.807) is 12.1 Å². The summed E-state index contributed by atoms with van der Waals surface area (Å²) in [4.78, 5) is 28.5. The van der Waals surface area contributed by atoms with Crippen LogP contribution in [-0.4, -0.2) is 68.1 Å². The average molecular weight is 400 g/mol. The topological polar surface area (TPSA) is 61.9 Å². The summed E-state index contributed by atoms with van der Waals surface area (Å²) in [5, 5.41) is 3.16. The number of hydrogen-bond acceptors (Lipinski definition) is 5. The fourth-order valence-electron chi connectivity index (χ4n) is 3.09. The number of methoxy groups -OCH3 is 1. The van der Waals surface area contributed by atoms with Gasteiger partial charge in [0.15, 0.2) is 0 Å². The van der Waals surface area contributed by atoms with Crippen molar-refractivity contribution >= 4 is 29.2 Å². The lowest BCUT2D eigenvalue weighted by Crippen LogP contribution is -2.48. The standard InChI is InChI=1S/C21H22ClN3O3/c1-28-21(27)17-7-8-18(22)19(13-17)23-20(26)15-25-11-9-24(10-12-25)14-16-5-3-2-4-6-16/h2-3,5,7-8,13H,9-12,14-15H2,1H3,(H,23,26). The molecule has 0 spiro atoms. The highest BCUT2D eigenvalue weighted by atomic mass is 35.5. The highest BCUT2D eigenvalue weighted by Gasteiger charge is 2.20. The Morgan fingerprint density at radius 2 is 1.96 bits per heavy atom. The van der Waals surface area contributed by atoms with Gasteiger partial charge in [-0.2, -0.15) is 0 Å². The Labute approximate surface area is 169 Å². The summed E-state index contributed by atoms with van der Waals surface area (Å²) in [7, 11) is 1.31. The summed E-state index contributed by atoms with van der Waals surface area (Å²) in [5.74, 6) is -0.639. The third-order valence-corrected chi connectivity index (χ3v) is 4.93. The highest BCUT2D eigenvalue weighted by molar-refractivity contribution is 6.33. The molecule has 1 aromatic carbocycles. The molecule has 1 aliphatic carbocycles. The van der Waals surface area contributed by atoms with Crippen LogP contribution in [-0.2, 0) is 9.53 Å². The molecule has 2 aliphatic rings. The van der Waals surface area contributed by atoms with Gasteiger partial charge in [0.2, 0.25) is 5.91 Å². The number of allylic oxidation sites excluding steroid dienone is 2. The number of rotatable bonds is 6. The van der Waals surface area contributed by atoms with Gasteiger partial charge in [-0.1, -0.05) is 29.1 Å². The van der Waals surface area contributed by atoms with Crippen molar-refractivity contribution in [2.24, 2.45) is 0 Å². The Morgan fingerprint density at radius 1 is 1.21 bits per heavy atom. The molecule has 1 saturated heterocycles. The molecule has 0 aromatic heterocycles. The minimum Gasteiger partial charge on any atom is -0.465 e. The number of anilines is 1. The Balaban J connectivity index is 1.50. The minimum absolute atomic E-state index is 0.164. The van der Waals surface area contributed by atoms with Gasteiger partial charge in [0, 0.05) is 38.3 Å². The number of piperazine rings is 1. The fourth-order valence-corrected chi connectivity index (χ4v) is 3.25. The van der Waals surface area contributed by atoms with Crippen LogP contribution in [0.3, 0.4) is 0 Å². The van der Waals surface area contributed by atoms with E-state index >= 15 is 0 Å². The van der Waals surface area contributed by atoms with Crippen molar-refractivity contribution in [1.82, 2.24) is 9.80 Å². The van der Waals surface area contributed by atoms with E-state index in [0.717, 1.165) is 38.3 Å². The number of ether oxygens (including phenoxy) is 1. The molecule has 0 radical (unpaired) electrons. The fraction of sp³-hybridized carbons (Fsp3) is 0.333. The summed E-state index contributed by atoms with van der Waals surface area (Å²) in [5.41, 5.74) is 7.96. The number of nitrogens with one attached hydrogen (secondary N) is 1. The number of halogens is 1. The Morgan fingerprint density at radius 3 is 2.64 bits per heavy atom. The van der Waals surface area contributed by atoms with Gasteiger partial charge in [-0.15, -0.1) is 0 Å². The first-order valence-corrected chi connectivity index (χ1v) is 9.42. The molecule has 0 saturated carbocycles. The van der Waals surface area contributed by atoms with Crippen LogP contribution in [0, 0.1) is 0 Å². The molecule has 1 N–H and O–H groups in total. The lowest BCUT2D eigenvalue weighted by atomic mass is 10.2. The molecule has 7 heteroatoms. The first-order chi connectivity index (χ1) is 13.5. The van der Waals surface area contributed by atoms with Crippen molar-refractivity contribution in [3.63, 3.8) is 0 Å². The summed E-state index contributed by atoms with van der Waals surface area (Å²) in [6.07, 6.45) is 5.85. The molecular weight excluding hydrogens is 378 g/mol. The third-order valence-electron chi connectivity index (χ3n) is 4.60. The van der Waals surface area contributed by atoms with Crippen molar-refractivity contribution in [3.8, 4) is 0 Å². The number of hydrogen-bond donors (Lipinski definition) is 1. The number of carbonyl (C=O) groups excluding carboxylic acids is 2. The van der Waals surface area contributed by atoms with Gasteiger partial charge < -0.3 is 10.1 Å². The van der Waals surface area contributed by atoms with Crippen LogP contribution in [0.5, 0.6) is 0 Å². The van der Waals surface area contributed by atoms with Gasteiger partial charge in [0.25, 0.3) is 0 Å². The van der Waals surface area contributed by atoms with E-state index in [9.17, 15) is 9.59 Å². The molecule has 1 heterocycles. The van der Waals surface area contributed by atoms with Crippen molar-refractivity contribution in [1.29, 1.82) is 0 Å². The molecule has 0 bridgehead atoms. The number of nitrogens with zero attached hydrogens (tertiary/aromatic N) is 2. The first kappa shape index (κ1) is 20.2. The van der Waals surface area contributed by atoms with E-state index in [4.69, 9.17) is 16.3 Å². The third kappa shape index (κ3) is 5.46. The summed E-state index contributed by atoms with van der Waals surface area (Å²) < 4.78 is 4.70. The van der Waals surface area contributed by atoms with E-state index in [1.807, 2.05) is 18.2 Å². The molecule has 0 unspecified atom stereocenters. The smallest absolute Gasteiger partial charge is 0.337 e. The van der Waals surface area contributed by atoms with Crippen LogP contribution in [0.2, 0.25) is 5.02 Å². The average Bonchev–Trinajstić information content (AvgIpc) is 2.71. The second-order valence-corrected chi connectivity index (χ2v) is 7.01. The zero-order chi connectivity index (χ0) is 19.9. The molecule has 1 amide bonds. The lowest BCUT2D eigenvalue weighted by molar-refractivity contribution is -0.117. The molecule has 3 rings (SSSR count). The van der Waals surface area contributed by atoms with E-state index in [0.29, 0.717) is 16.3 Å². The quantitative estimate of drug-likeness (QED) is 0.588. The van der Waals surface area contributed by atoms with Gasteiger partial charge in [0.1, 0.15) is 0 Å². The first-order valence-electron chi connectivity index (χ1n) is 9.05. The Hall–Kier alpha value is -2.59. The summed E-state index contributed by atoms with van der Waals surface area (Å²) >= 11 is 6.13. The Kier molecular flexibility index (Phi) is 6.88. The van der Waals surface area contributed by atoms with Gasteiger partial charge in [0.05, 0.1) is 29.9 Å². The van der Waals surface area contributed by atoms with Crippen LogP contribution < -0.4 is 5.32 Å². The van der Waals surface area contributed by atoms with Crippen LogP contribution >= 0.6 is 11.6 Å². The number of benzene rings is 1. The second kappa shape index (κ2) is 9.56. The molecule has 0 atom stereocenters. The number of esters is 1. The van der Waals surface area contributed by atoms with E-state index in [2.05, 4.69) is 26.6 Å². The van der Waals surface area contributed by atoms with E-state index in [-0.39, 0.29) is 12.5 Å². The van der Waals surface area contributed by atoms with E-state index < -0.39 is 5.97 Å². The van der Waals surface area contributed by atoms with Crippen molar-refractivity contribution in [3.05, 3.63) is 64.0 Å². The van der Waals surface area contributed by atoms with Crippen LogP contribution in [0.1, 0.15) is 10.4 Å². The molecular formula is C21H22ClN3O3. The summed E-state index contributed by atoms with van der Waals surface area (Å²) in [6.45, 7) is 4.49. The van der Waals surface area contributed by atoms with Crippen molar-refractivity contribution in [2.75, 3.05) is 51.7 Å². The van der Waals surface area contributed by atoms with Crippen molar-refractivity contribution < 1.29 is 14.3 Å². The normalized spacial score (nSPS) is 16.7. The number of carbonyl (C=O) groups is 2. The largest absolute Gasteiger partial charge is 0.465 e. The van der Waals surface area contributed by atoms with Gasteiger partial charge in [-0.25, -0.2) is 4.79 Å². The highest BCUT2D eigenvalue weighted by Crippen LogP contribution is 2.23. The zero-order valence-corrected chi connectivity index (χ0v) is 16.5. The molecule has 1 fully saturated rings. The van der Waals surface area contributed by atoms with Crippen LogP contribution in [0.4, 0.5) is 5.69 Å².